The molecule has 1 atom stereocenters. The van der Waals surface area contributed by atoms with Crippen molar-refractivity contribution in [1.29, 1.82) is 0 Å². The summed E-state index contributed by atoms with van der Waals surface area (Å²) in [6, 6.07) is 7.32. The fourth-order valence-corrected chi connectivity index (χ4v) is 4.22. The quantitative estimate of drug-likeness (QED) is 0.743. The van der Waals surface area contributed by atoms with Crippen LogP contribution in [0.2, 0.25) is 0 Å². The summed E-state index contributed by atoms with van der Waals surface area (Å²) in [6.07, 6.45) is 7.19. The minimum Gasteiger partial charge on any atom is -0.503 e. The van der Waals surface area contributed by atoms with E-state index in [4.69, 9.17) is 0 Å². The summed E-state index contributed by atoms with van der Waals surface area (Å²) in [6.45, 7) is 4.62. The molecule has 146 valence electrons. The van der Waals surface area contributed by atoms with Crippen molar-refractivity contribution in [2.24, 2.45) is 5.92 Å². The van der Waals surface area contributed by atoms with Gasteiger partial charge < -0.3 is 10.4 Å². The molecule has 1 fully saturated rings. The topological polar surface area (TPSA) is 69.6 Å². The minimum absolute atomic E-state index is 0.195. The number of benzene rings is 1. The lowest BCUT2D eigenvalue weighted by Gasteiger charge is -2.35. The number of hydrogen-bond donors (Lipinski definition) is 2. The Morgan fingerprint density at radius 1 is 1.19 bits per heavy atom. The van der Waals surface area contributed by atoms with Crippen LogP contribution >= 0.6 is 0 Å². The van der Waals surface area contributed by atoms with Crippen molar-refractivity contribution in [1.82, 2.24) is 5.32 Å². The van der Waals surface area contributed by atoms with Gasteiger partial charge in [-0.1, -0.05) is 50.3 Å². The van der Waals surface area contributed by atoms with Crippen molar-refractivity contribution in [3.8, 4) is 0 Å². The molecule has 2 N–H and O–H groups in total. The van der Waals surface area contributed by atoms with Crippen molar-refractivity contribution in [2.45, 2.75) is 64.8 Å². The molecule has 2 aliphatic rings. The van der Waals surface area contributed by atoms with Crippen molar-refractivity contribution in [2.75, 3.05) is 11.4 Å². The van der Waals surface area contributed by atoms with Crippen molar-refractivity contribution in [3.63, 3.8) is 0 Å². The molecule has 1 saturated carbocycles. The first-order chi connectivity index (χ1) is 13.0. The molecule has 5 nitrogen and oxygen atoms in total. The van der Waals surface area contributed by atoms with Gasteiger partial charge in [-0.25, -0.2) is 0 Å². The molecule has 27 heavy (non-hydrogen) atoms. The van der Waals surface area contributed by atoms with Gasteiger partial charge in [0.25, 0.3) is 11.8 Å². The summed E-state index contributed by atoms with van der Waals surface area (Å²) in [7, 11) is 0. The molecule has 0 radical (unpaired) electrons. The first kappa shape index (κ1) is 19.5. The maximum absolute atomic E-state index is 12.9. The van der Waals surface area contributed by atoms with Crippen LogP contribution in [0.4, 0.5) is 5.69 Å². The molecule has 1 aromatic carbocycles. The Morgan fingerprint density at radius 2 is 1.85 bits per heavy atom. The third kappa shape index (κ3) is 4.02. The van der Waals surface area contributed by atoms with Crippen LogP contribution in [0.1, 0.15) is 57.4 Å². The average molecular weight is 370 g/mol. The highest BCUT2D eigenvalue weighted by molar-refractivity contribution is 6.16. The molecule has 0 aromatic heterocycles. The summed E-state index contributed by atoms with van der Waals surface area (Å²) >= 11 is 0. The van der Waals surface area contributed by atoms with Gasteiger partial charge in [0.1, 0.15) is 0 Å². The third-order valence-electron chi connectivity index (χ3n) is 5.72. The van der Waals surface area contributed by atoms with Gasteiger partial charge in [0.15, 0.2) is 5.76 Å². The van der Waals surface area contributed by atoms with Gasteiger partial charge in [0.2, 0.25) is 0 Å². The minimum atomic E-state index is -0.463. The predicted octanol–water partition coefficient (Wildman–Crippen LogP) is 4.02. The van der Waals surface area contributed by atoms with Crippen LogP contribution in [-0.2, 0) is 9.59 Å². The van der Waals surface area contributed by atoms with Gasteiger partial charge in [-0.3, -0.25) is 14.5 Å². The van der Waals surface area contributed by atoms with E-state index in [0.29, 0.717) is 6.54 Å². The van der Waals surface area contributed by atoms with Crippen LogP contribution in [0.3, 0.4) is 0 Å². The van der Waals surface area contributed by atoms with E-state index in [-0.39, 0.29) is 29.2 Å². The number of hydrogen-bond acceptors (Lipinski definition) is 3. The summed E-state index contributed by atoms with van der Waals surface area (Å²) in [5, 5.41) is 13.5. The molecule has 0 spiro atoms. The first-order valence-electron chi connectivity index (χ1n) is 10.2. The molecule has 1 aliphatic carbocycles. The fraction of sp³-hybridized carbons (Fsp3) is 0.545. The zero-order valence-corrected chi connectivity index (χ0v) is 16.3. The second kappa shape index (κ2) is 8.59. The molecule has 2 amide bonds. The standard InChI is InChI=1S/C22H30N2O3/c1-3-4-14-23-21(26)18-19(16-8-6-5-7-9-16)24(22(27)20(18)25)17-12-10-15(2)11-13-17/h10-13,16,19,25H,3-9,14H2,1-2H3,(H,23,26). The Balaban J connectivity index is 1.95. The molecule has 0 bridgehead atoms. The monoisotopic (exact) mass is 370 g/mol. The largest absolute Gasteiger partial charge is 0.503 e. The summed E-state index contributed by atoms with van der Waals surface area (Å²) in [4.78, 5) is 27.4. The van der Waals surface area contributed by atoms with E-state index in [0.717, 1.165) is 49.8 Å². The van der Waals surface area contributed by atoms with E-state index < -0.39 is 5.91 Å². The number of unbranched alkanes of at least 4 members (excludes halogenated alkanes) is 1. The average Bonchev–Trinajstić information content (AvgIpc) is 2.95. The normalized spacial score (nSPS) is 21.0. The number of carbonyl (C=O) groups is 2. The number of anilines is 1. The lowest BCUT2D eigenvalue weighted by atomic mass is 9.80. The number of nitrogens with zero attached hydrogens (tertiary/aromatic N) is 1. The molecule has 1 unspecified atom stereocenters. The summed E-state index contributed by atoms with van der Waals surface area (Å²) < 4.78 is 0. The predicted molar refractivity (Wildman–Crippen MR) is 107 cm³/mol. The Kier molecular flexibility index (Phi) is 6.19. The van der Waals surface area contributed by atoms with Crippen molar-refractivity contribution < 1.29 is 14.7 Å². The van der Waals surface area contributed by atoms with Gasteiger partial charge in [0.05, 0.1) is 11.6 Å². The van der Waals surface area contributed by atoms with Crippen LogP contribution in [0.25, 0.3) is 0 Å². The summed E-state index contributed by atoms with van der Waals surface area (Å²) in [5.74, 6) is -0.963. The van der Waals surface area contributed by atoms with E-state index in [9.17, 15) is 14.7 Å². The SMILES string of the molecule is CCCCNC(=O)C1=C(O)C(=O)N(c2ccc(C)cc2)C1C1CCCCC1. The second-order valence-corrected chi connectivity index (χ2v) is 7.73. The van der Waals surface area contributed by atoms with E-state index in [1.807, 2.05) is 31.2 Å². The number of carbonyl (C=O) groups excluding carboxylic acids is 2. The lowest BCUT2D eigenvalue weighted by molar-refractivity contribution is -0.119. The fourth-order valence-electron chi connectivity index (χ4n) is 4.22. The Morgan fingerprint density at radius 3 is 2.48 bits per heavy atom. The molecular formula is C22H30N2O3. The first-order valence-corrected chi connectivity index (χ1v) is 10.2. The Labute approximate surface area is 161 Å². The molecule has 0 saturated heterocycles. The Bertz CT molecular complexity index is 718. The van der Waals surface area contributed by atoms with Crippen LogP contribution in [-0.4, -0.2) is 29.5 Å². The number of aryl methyl sites for hydroxylation is 1. The van der Waals surface area contributed by atoms with Crippen LogP contribution in [0.5, 0.6) is 0 Å². The van der Waals surface area contributed by atoms with Crippen molar-refractivity contribution in [3.05, 3.63) is 41.2 Å². The van der Waals surface area contributed by atoms with Gasteiger partial charge in [-0.05, 0) is 44.2 Å². The maximum Gasteiger partial charge on any atom is 0.294 e. The number of amides is 2. The van der Waals surface area contributed by atoms with Crippen LogP contribution < -0.4 is 10.2 Å². The van der Waals surface area contributed by atoms with Gasteiger partial charge >= 0.3 is 0 Å². The molecule has 5 heteroatoms. The number of aliphatic hydroxyl groups excluding tert-OH is 1. The van der Waals surface area contributed by atoms with Crippen molar-refractivity contribution >= 4 is 17.5 Å². The molecule has 1 aromatic rings. The molecule has 1 heterocycles. The summed E-state index contributed by atoms with van der Waals surface area (Å²) in [5.41, 5.74) is 2.10. The highest BCUT2D eigenvalue weighted by Gasteiger charge is 2.47. The number of rotatable bonds is 6. The third-order valence-corrected chi connectivity index (χ3v) is 5.72. The van der Waals surface area contributed by atoms with E-state index in [1.54, 1.807) is 4.90 Å². The van der Waals surface area contributed by atoms with Crippen LogP contribution in [0, 0.1) is 12.8 Å². The molecule has 1 aliphatic heterocycles. The van der Waals surface area contributed by atoms with Crippen LogP contribution in [0.15, 0.2) is 35.6 Å². The van der Waals surface area contributed by atoms with E-state index >= 15 is 0 Å². The molecular weight excluding hydrogens is 340 g/mol. The van der Waals surface area contributed by atoms with Gasteiger partial charge in [-0.15, -0.1) is 0 Å². The Hall–Kier alpha value is -2.30. The second-order valence-electron chi connectivity index (χ2n) is 7.73. The van der Waals surface area contributed by atoms with E-state index in [2.05, 4.69) is 12.2 Å². The highest BCUT2D eigenvalue weighted by Crippen LogP contribution is 2.40. The number of nitrogens with one attached hydrogen (secondary N) is 1. The zero-order valence-electron chi connectivity index (χ0n) is 16.3. The smallest absolute Gasteiger partial charge is 0.294 e. The van der Waals surface area contributed by atoms with Gasteiger partial charge in [-0.2, -0.15) is 0 Å². The highest BCUT2D eigenvalue weighted by atomic mass is 16.3. The zero-order chi connectivity index (χ0) is 19.4. The van der Waals surface area contributed by atoms with E-state index in [1.165, 1.54) is 6.42 Å². The maximum atomic E-state index is 12.9. The lowest BCUT2D eigenvalue weighted by Crippen LogP contribution is -2.44. The molecule has 3 rings (SSSR count). The van der Waals surface area contributed by atoms with Gasteiger partial charge in [0, 0.05) is 12.2 Å². The number of aliphatic hydroxyl groups is 1.